The first-order chi connectivity index (χ1) is 11.7. The van der Waals surface area contributed by atoms with Crippen LogP contribution in [0.1, 0.15) is 38.3 Å². The Morgan fingerprint density at radius 3 is 2.75 bits per heavy atom. The number of nitrogens with one attached hydrogen (secondary N) is 2. The minimum Gasteiger partial charge on any atom is -0.366 e. The number of aryl methyl sites for hydroxylation is 1. The summed E-state index contributed by atoms with van der Waals surface area (Å²) in [6.07, 6.45) is 5.02. The summed E-state index contributed by atoms with van der Waals surface area (Å²) in [7, 11) is 0. The fourth-order valence-electron chi connectivity index (χ4n) is 3.15. The lowest BCUT2D eigenvalue weighted by molar-refractivity contribution is 0.361. The van der Waals surface area contributed by atoms with Crippen molar-refractivity contribution in [2.45, 2.75) is 45.6 Å². The molecule has 0 amide bonds. The molecule has 0 atom stereocenters. The minimum absolute atomic E-state index is 0.514. The molecule has 0 aromatic carbocycles. The number of aromatic nitrogens is 3. The summed E-state index contributed by atoms with van der Waals surface area (Å²) < 4.78 is 5.44. The topological polar surface area (TPSA) is 62.7 Å². The van der Waals surface area contributed by atoms with Gasteiger partial charge >= 0.3 is 0 Å². The van der Waals surface area contributed by atoms with Gasteiger partial charge in [-0.2, -0.15) is 9.36 Å². The van der Waals surface area contributed by atoms with Crippen LogP contribution in [0, 0.1) is 12.8 Å². The highest BCUT2D eigenvalue weighted by molar-refractivity contribution is 7.17. The molecule has 5 nitrogen and oxygen atoms in total. The Labute approximate surface area is 149 Å². The summed E-state index contributed by atoms with van der Waals surface area (Å²) in [4.78, 5) is 9.38. The van der Waals surface area contributed by atoms with Crippen LogP contribution in [-0.2, 0) is 0 Å². The van der Waals surface area contributed by atoms with E-state index in [1.54, 1.807) is 11.3 Å². The van der Waals surface area contributed by atoms with Gasteiger partial charge in [-0.1, -0.05) is 6.92 Å². The number of rotatable bonds is 4. The molecule has 0 spiro atoms. The van der Waals surface area contributed by atoms with Crippen LogP contribution in [0.5, 0.6) is 0 Å². The molecule has 1 aliphatic carbocycles. The van der Waals surface area contributed by atoms with Gasteiger partial charge in [0.25, 0.3) is 0 Å². The van der Waals surface area contributed by atoms with Crippen molar-refractivity contribution in [1.82, 2.24) is 14.3 Å². The molecule has 4 rings (SSSR count). The van der Waals surface area contributed by atoms with E-state index in [9.17, 15) is 0 Å². The Bertz CT molecular complexity index is 832. The molecule has 2 N–H and O–H groups in total. The number of nitrogens with zero attached hydrogens (tertiary/aromatic N) is 3. The first-order valence-electron chi connectivity index (χ1n) is 8.39. The van der Waals surface area contributed by atoms with Crippen molar-refractivity contribution in [3.8, 4) is 0 Å². The van der Waals surface area contributed by atoms with Crippen LogP contribution in [-0.4, -0.2) is 20.4 Å². The Morgan fingerprint density at radius 1 is 1.17 bits per heavy atom. The maximum atomic E-state index is 4.75. The quantitative estimate of drug-likeness (QED) is 0.671. The van der Waals surface area contributed by atoms with Crippen molar-refractivity contribution < 1.29 is 0 Å². The molecule has 3 aromatic heterocycles. The Hall–Kier alpha value is -1.73. The molecule has 0 saturated heterocycles. The zero-order valence-corrected chi connectivity index (χ0v) is 15.5. The Kier molecular flexibility index (Phi) is 4.37. The molecule has 1 saturated carbocycles. The predicted octanol–water partition coefficient (Wildman–Crippen LogP) is 5.19. The van der Waals surface area contributed by atoms with Gasteiger partial charge in [-0.3, -0.25) is 0 Å². The Balaban J connectivity index is 1.60. The zero-order valence-electron chi connectivity index (χ0n) is 13.9. The number of fused-ring (bicyclic) bond motifs is 1. The van der Waals surface area contributed by atoms with Gasteiger partial charge in [-0.25, -0.2) is 4.98 Å². The van der Waals surface area contributed by atoms with Crippen molar-refractivity contribution in [3.05, 3.63) is 23.2 Å². The molecule has 0 bridgehead atoms. The largest absolute Gasteiger partial charge is 0.366 e. The number of hydrogen-bond donors (Lipinski definition) is 2. The van der Waals surface area contributed by atoms with Gasteiger partial charge < -0.3 is 10.6 Å². The van der Waals surface area contributed by atoms with E-state index in [0.29, 0.717) is 12.0 Å². The molecule has 0 unspecified atom stereocenters. The molecule has 0 aliphatic heterocycles. The van der Waals surface area contributed by atoms with Crippen molar-refractivity contribution in [2.75, 3.05) is 10.6 Å². The van der Waals surface area contributed by atoms with E-state index in [-0.39, 0.29) is 0 Å². The summed E-state index contributed by atoms with van der Waals surface area (Å²) in [6.45, 7) is 4.33. The van der Waals surface area contributed by atoms with Crippen molar-refractivity contribution in [1.29, 1.82) is 0 Å². The molecule has 126 valence electrons. The highest BCUT2D eigenvalue weighted by Crippen LogP contribution is 2.32. The molecule has 1 aliphatic rings. The lowest BCUT2D eigenvalue weighted by atomic mass is 9.87. The van der Waals surface area contributed by atoms with E-state index in [1.807, 2.05) is 13.0 Å². The monoisotopic (exact) mass is 359 g/mol. The summed E-state index contributed by atoms with van der Waals surface area (Å²) >= 11 is 3.13. The second-order valence-corrected chi connectivity index (χ2v) is 8.31. The fraction of sp³-hybridized carbons (Fsp3) is 0.471. The minimum atomic E-state index is 0.514. The lowest BCUT2D eigenvalue weighted by Gasteiger charge is -2.27. The second-order valence-electron chi connectivity index (χ2n) is 6.59. The van der Waals surface area contributed by atoms with E-state index >= 15 is 0 Å². The third-order valence-electron chi connectivity index (χ3n) is 4.52. The summed E-state index contributed by atoms with van der Waals surface area (Å²) in [6, 6.07) is 4.58. The van der Waals surface area contributed by atoms with E-state index in [1.165, 1.54) is 37.2 Å². The normalized spacial score (nSPS) is 21.1. The third-order valence-corrected chi connectivity index (χ3v) is 6.23. The van der Waals surface area contributed by atoms with Gasteiger partial charge in [0.15, 0.2) is 0 Å². The predicted molar refractivity (Wildman–Crippen MR) is 103 cm³/mol. The number of anilines is 3. The molecular formula is C17H21N5S2. The molecular weight excluding hydrogens is 338 g/mol. The molecule has 3 aromatic rings. The maximum Gasteiger partial charge on any atom is 0.230 e. The van der Waals surface area contributed by atoms with E-state index in [4.69, 9.17) is 4.98 Å². The molecule has 3 heterocycles. The van der Waals surface area contributed by atoms with Crippen molar-refractivity contribution >= 4 is 49.9 Å². The van der Waals surface area contributed by atoms with Crippen molar-refractivity contribution in [3.63, 3.8) is 0 Å². The van der Waals surface area contributed by atoms with Crippen LogP contribution < -0.4 is 10.6 Å². The van der Waals surface area contributed by atoms with Gasteiger partial charge in [-0.15, -0.1) is 11.3 Å². The van der Waals surface area contributed by atoms with Crippen LogP contribution in [0.4, 0.5) is 16.8 Å². The molecule has 24 heavy (non-hydrogen) atoms. The number of thiophene rings is 1. The van der Waals surface area contributed by atoms with Gasteiger partial charge in [0, 0.05) is 6.04 Å². The van der Waals surface area contributed by atoms with E-state index in [0.717, 1.165) is 32.6 Å². The van der Waals surface area contributed by atoms with Crippen LogP contribution in [0.2, 0.25) is 0 Å². The first kappa shape index (κ1) is 15.8. The van der Waals surface area contributed by atoms with Crippen molar-refractivity contribution in [2.24, 2.45) is 5.92 Å². The average Bonchev–Trinajstić information content (AvgIpc) is 3.19. The van der Waals surface area contributed by atoms with E-state index < -0.39 is 0 Å². The summed E-state index contributed by atoms with van der Waals surface area (Å²) in [5.41, 5.74) is 2.00. The third kappa shape index (κ3) is 3.37. The van der Waals surface area contributed by atoms with Gasteiger partial charge in [0.2, 0.25) is 5.95 Å². The van der Waals surface area contributed by atoms with E-state index in [2.05, 4.69) is 38.4 Å². The molecule has 0 radical (unpaired) electrons. The Morgan fingerprint density at radius 2 is 2.00 bits per heavy atom. The first-order valence-corrected chi connectivity index (χ1v) is 10.0. The van der Waals surface area contributed by atoms with Gasteiger partial charge in [0.1, 0.15) is 10.8 Å². The fourth-order valence-corrected chi connectivity index (χ4v) is 4.59. The van der Waals surface area contributed by atoms with Crippen LogP contribution >= 0.6 is 22.9 Å². The second kappa shape index (κ2) is 6.64. The van der Waals surface area contributed by atoms with Crippen LogP contribution in [0.3, 0.4) is 0 Å². The average molecular weight is 360 g/mol. The summed E-state index contributed by atoms with van der Waals surface area (Å²) in [5, 5.41) is 10.0. The lowest BCUT2D eigenvalue weighted by Crippen LogP contribution is -2.25. The zero-order chi connectivity index (χ0) is 16.5. The number of hydrogen-bond acceptors (Lipinski definition) is 7. The molecule has 7 heteroatoms. The smallest absolute Gasteiger partial charge is 0.230 e. The van der Waals surface area contributed by atoms with Crippen LogP contribution in [0.15, 0.2) is 17.5 Å². The summed E-state index contributed by atoms with van der Waals surface area (Å²) in [5.74, 6) is 2.44. The SMILES string of the molecule is Cc1cc(Nc2nc(NC3CCC(C)CC3)c3sccc3n2)sn1. The highest BCUT2D eigenvalue weighted by atomic mass is 32.1. The van der Waals surface area contributed by atoms with Gasteiger partial charge in [-0.05, 0) is 67.6 Å². The standard InChI is InChI=1S/C17H21N5S2/c1-10-3-5-12(6-4-10)18-16-15-13(7-8-23-15)19-17(21-16)20-14-9-11(2)22-24-14/h7-10,12H,3-6H2,1-2H3,(H2,18,19,20,21). The highest BCUT2D eigenvalue weighted by Gasteiger charge is 2.20. The van der Waals surface area contributed by atoms with Crippen LogP contribution in [0.25, 0.3) is 10.2 Å². The van der Waals surface area contributed by atoms with Gasteiger partial charge in [0.05, 0.1) is 15.9 Å². The maximum absolute atomic E-state index is 4.75. The molecule has 1 fully saturated rings.